The molecule has 0 amide bonds. The van der Waals surface area contributed by atoms with E-state index in [9.17, 15) is 17.6 Å². The molecule has 2 aliphatic rings. The molecular weight excluding hydrogens is 380 g/mol. The standard InChI is InChI=1S/C24H32F4O/c1-2-3-4-5-16-6-8-17(9-7-16)18-10-12-19(13-11-18)20-14-21(25)23(22(26)15-20)29-24(27)28/h2-3,14-19,24H,4-13H2,1H3/b3-2+/t16-,17-,18-,19-. The summed E-state index contributed by atoms with van der Waals surface area (Å²) in [6.07, 6.45) is 16.1. The van der Waals surface area contributed by atoms with E-state index in [1.807, 2.05) is 0 Å². The number of ether oxygens (including phenoxy) is 1. The average Bonchev–Trinajstić information content (AvgIpc) is 2.71. The Balaban J connectivity index is 1.50. The number of rotatable bonds is 7. The summed E-state index contributed by atoms with van der Waals surface area (Å²) in [5, 5.41) is 0. The van der Waals surface area contributed by atoms with Crippen molar-refractivity contribution in [2.75, 3.05) is 0 Å². The zero-order valence-electron chi connectivity index (χ0n) is 17.2. The van der Waals surface area contributed by atoms with Gasteiger partial charge in [0.25, 0.3) is 0 Å². The van der Waals surface area contributed by atoms with Gasteiger partial charge >= 0.3 is 6.61 Å². The van der Waals surface area contributed by atoms with Crippen LogP contribution in [-0.2, 0) is 0 Å². The maximum absolute atomic E-state index is 14.0. The Bertz CT molecular complexity index is 648. The Morgan fingerprint density at radius 3 is 2.00 bits per heavy atom. The van der Waals surface area contributed by atoms with Crippen molar-refractivity contribution < 1.29 is 22.3 Å². The summed E-state index contributed by atoms with van der Waals surface area (Å²) < 4.78 is 56.6. The normalized spacial score (nSPS) is 28.2. The fourth-order valence-corrected chi connectivity index (χ4v) is 5.39. The fraction of sp³-hybridized carbons (Fsp3) is 0.667. The van der Waals surface area contributed by atoms with E-state index in [1.165, 1.54) is 50.7 Å². The van der Waals surface area contributed by atoms with E-state index in [2.05, 4.69) is 23.8 Å². The second-order valence-electron chi connectivity index (χ2n) is 8.73. The zero-order valence-corrected chi connectivity index (χ0v) is 17.2. The molecular formula is C24H32F4O. The van der Waals surface area contributed by atoms with Gasteiger partial charge in [-0.1, -0.05) is 25.0 Å². The lowest BCUT2D eigenvalue weighted by Crippen LogP contribution is -2.25. The van der Waals surface area contributed by atoms with E-state index in [4.69, 9.17) is 0 Å². The van der Waals surface area contributed by atoms with Gasteiger partial charge in [0.05, 0.1) is 0 Å². The molecule has 1 aromatic rings. The van der Waals surface area contributed by atoms with Crippen molar-refractivity contribution >= 4 is 0 Å². The minimum atomic E-state index is -3.24. The van der Waals surface area contributed by atoms with E-state index in [1.54, 1.807) is 0 Å². The molecule has 5 heteroatoms. The van der Waals surface area contributed by atoms with Crippen molar-refractivity contribution in [1.82, 2.24) is 0 Å². The van der Waals surface area contributed by atoms with Gasteiger partial charge in [0.15, 0.2) is 17.4 Å². The van der Waals surface area contributed by atoms with Gasteiger partial charge in [-0.3, -0.25) is 0 Å². The van der Waals surface area contributed by atoms with Gasteiger partial charge in [0.2, 0.25) is 0 Å². The Morgan fingerprint density at radius 1 is 0.931 bits per heavy atom. The van der Waals surface area contributed by atoms with Crippen LogP contribution in [0.15, 0.2) is 24.3 Å². The second-order valence-corrected chi connectivity index (χ2v) is 8.73. The van der Waals surface area contributed by atoms with Crippen LogP contribution in [0.25, 0.3) is 0 Å². The van der Waals surface area contributed by atoms with Crippen LogP contribution in [0.4, 0.5) is 17.6 Å². The molecule has 2 fully saturated rings. The fourth-order valence-electron chi connectivity index (χ4n) is 5.39. The minimum absolute atomic E-state index is 0.0908. The Kier molecular flexibility index (Phi) is 8.02. The van der Waals surface area contributed by atoms with E-state index in [0.717, 1.165) is 37.5 Å². The number of hydrogen-bond donors (Lipinski definition) is 0. The molecule has 2 saturated carbocycles. The van der Waals surface area contributed by atoms with Gasteiger partial charge in [0, 0.05) is 0 Å². The molecule has 1 nitrogen and oxygen atoms in total. The largest absolute Gasteiger partial charge is 0.429 e. The number of halogens is 4. The highest BCUT2D eigenvalue weighted by atomic mass is 19.3. The van der Waals surface area contributed by atoms with Crippen LogP contribution >= 0.6 is 0 Å². The molecule has 0 saturated heterocycles. The van der Waals surface area contributed by atoms with Crippen LogP contribution < -0.4 is 4.74 Å². The van der Waals surface area contributed by atoms with Crippen molar-refractivity contribution in [3.63, 3.8) is 0 Å². The average molecular weight is 413 g/mol. The Hall–Kier alpha value is -1.52. The van der Waals surface area contributed by atoms with Gasteiger partial charge < -0.3 is 4.74 Å². The molecule has 0 aliphatic heterocycles. The molecule has 2 aliphatic carbocycles. The lowest BCUT2D eigenvalue weighted by atomic mass is 9.68. The zero-order chi connectivity index (χ0) is 20.8. The van der Waals surface area contributed by atoms with Gasteiger partial charge in [-0.2, -0.15) is 8.78 Å². The first-order chi connectivity index (χ1) is 14.0. The highest BCUT2D eigenvalue weighted by molar-refractivity contribution is 5.33. The van der Waals surface area contributed by atoms with E-state index in [0.29, 0.717) is 11.5 Å². The maximum Gasteiger partial charge on any atom is 0.387 e. The van der Waals surface area contributed by atoms with Crippen LogP contribution in [0.1, 0.15) is 82.6 Å². The molecule has 0 radical (unpaired) electrons. The quantitative estimate of drug-likeness (QED) is 0.326. The first-order valence-corrected chi connectivity index (χ1v) is 11.0. The van der Waals surface area contributed by atoms with Crippen molar-refractivity contribution in [2.24, 2.45) is 17.8 Å². The highest BCUT2D eigenvalue weighted by Crippen LogP contribution is 2.45. The first kappa shape index (κ1) is 22.2. The number of allylic oxidation sites excluding steroid dienone is 2. The molecule has 0 unspecified atom stereocenters. The minimum Gasteiger partial charge on any atom is -0.429 e. The summed E-state index contributed by atoms with van der Waals surface area (Å²) in [6.45, 7) is -1.17. The summed E-state index contributed by atoms with van der Waals surface area (Å²) in [6, 6.07) is 2.34. The summed E-state index contributed by atoms with van der Waals surface area (Å²) >= 11 is 0. The molecule has 0 atom stereocenters. The molecule has 3 rings (SSSR count). The maximum atomic E-state index is 14.0. The number of alkyl halides is 2. The lowest BCUT2D eigenvalue weighted by Gasteiger charge is -2.38. The highest BCUT2D eigenvalue weighted by Gasteiger charge is 2.31. The monoisotopic (exact) mass is 412 g/mol. The van der Waals surface area contributed by atoms with Crippen molar-refractivity contribution in [1.29, 1.82) is 0 Å². The van der Waals surface area contributed by atoms with Gasteiger partial charge in [-0.15, -0.1) is 0 Å². The molecule has 0 spiro atoms. The van der Waals surface area contributed by atoms with Crippen LogP contribution in [0.3, 0.4) is 0 Å². The summed E-state index contributed by atoms with van der Waals surface area (Å²) in [5.41, 5.74) is 0.563. The topological polar surface area (TPSA) is 9.23 Å². The van der Waals surface area contributed by atoms with E-state index in [-0.39, 0.29) is 5.92 Å². The van der Waals surface area contributed by atoms with Gasteiger partial charge in [0.1, 0.15) is 0 Å². The molecule has 162 valence electrons. The van der Waals surface area contributed by atoms with Crippen LogP contribution in [-0.4, -0.2) is 6.61 Å². The summed E-state index contributed by atoms with van der Waals surface area (Å²) in [5.74, 6) is -0.629. The third-order valence-corrected chi connectivity index (χ3v) is 7.01. The Labute approximate surface area is 171 Å². The molecule has 0 heterocycles. The van der Waals surface area contributed by atoms with Crippen molar-refractivity contribution in [2.45, 2.75) is 83.7 Å². The van der Waals surface area contributed by atoms with Crippen LogP contribution in [0, 0.1) is 29.4 Å². The summed E-state index contributed by atoms with van der Waals surface area (Å²) in [4.78, 5) is 0. The predicted molar refractivity (Wildman–Crippen MR) is 107 cm³/mol. The molecule has 0 aromatic heterocycles. The SMILES string of the molecule is C/C=C/CC[C@H]1CC[C@H]([C@H]2CC[C@H](c3cc(F)c(OC(F)F)c(F)c3)CC2)CC1. The van der Waals surface area contributed by atoms with E-state index >= 15 is 0 Å². The van der Waals surface area contributed by atoms with E-state index < -0.39 is 24.0 Å². The van der Waals surface area contributed by atoms with Gasteiger partial charge in [-0.25, -0.2) is 8.78 Å². The second kappa shape index (κ2) is 10.5. The number of hydrogen-bond acceptors (Lipinski definition) is 1. The third kappa shape index (κ3) is 5.99. The van der Waals surface area contributed by atoms with Crippen molar-refractivity contribution in [3.05, 3.63) is 41.5 Å². The molecule has 0 N–H and O–H groups in total. The molecule has 29 heavy (non-hydrogen) atoms. The lowest BCUT2D eigenvalue weighted by molar-refractivity contribution is -0.0546. The van der Waals surface area contributed by atoms with Crippen LogP contribution in [0.2, 0.25) is 0 Å². The first-order valence-electron chi connectivity index (χ1n) is 11.0. The predicted octanol–water partition coefficient (Wildman–Crippen LogP) is 8.00. The molecule has 0 bridgehead atoms. The smallest absolute Gasteiger partial charge is 0.387 e. The van der Waals surface area contributed by atoms with Crippen LogP contribution in [0.5, 0.6) is 5.75 Å². The number of benzene rings is 1. The Morgan fingerprint density at radius 2 is 1.48 bits per heavy atom. The third-order valence-electron chi connectivity index (χ3n) is 7.01. The molecule has 1 aromatic carbocycles. The van der Waals surface area contributed by atoms with Crippen molar-refractivity contribution in [3.8, 4) is 5.75 Å². The van der Waals surface area contributed by atoms with Gasteiger partial charge in [-0.05, 0) is 99.7 Å². The summed E-state index contributed by atoms with van der Waals surface area (Å²) in [7, 11) is 0.